The first kappa shape index (κ1) is 17.4. The maximum atomic E-state index is 12.3. The second-order valence-corrected chi connectivity index (χ2v) is 6.37. The van der Waals surface area contributed by atoms with Crippen LogP contribution in [0.5, 0.6) is 0 Å². The van der Waals surface area contributed by atoms with Gasteiger partial charge in [0, 0.05) is 51.0 Å². The monoisotopic (exact) mass is 343 g/mol. The van der Waals surface area contributed by atoms with Crippen LogP contribution >= 0.6 is 0 Å². The third-order valence-corrected chi connectivity index (χ3v) is 4.60. The summed E-state index contributed by atoms with van der Waals surface area (Å²) in [6.07, 6.45) is 2.56. The Hall–Kier alpha value is -2.41. The van der Waals surface area contributed by atoms with E-state index >= 15 is 0 Å². The van der Waals surface area contributed by atoms with Gasteiger partial charge >= 0.3 is 6.03 Å². The number of carbonyl (C=O) groups is 1. The van der Waals surface area contributed by atoms with Gasteiger partial charge in [-0.05, 0) is 32.4 Å². The van der Waals surface area contributed by atoms with Crippen LogP contribution < -0.4 is 5.32 Å². The first-order chi connectivity index (χ1) is 12.1. The van der Waals surface area contributed by atoms with E-state index < -0.39 is 0 Å². The number of aromatic nitrogens is 2. The molecule has 0 atom stereocenters. The molecule has 1 N–H and O–H groups in total. The van der Waals surface area contributed by atoms with Gasteiger partial charge in [-0.25, -0.2) is 4.79 Å². The lowest BCUT2D eigenvalue weighted by Gasteiger charge is -2.34. The molecule has 0 saturated carbocycles. The molecule has 7 nitrogen and oxygen atoms in total. The summed E-state index contributed by atoms with van der Waals surface area (Å²) in [5.74, 6) is 0.829. The highest BCUT2D eigenvalue weighted by atomic mass is 16.5. The summed E-state index contributed by atoms with van der Waals surface area (Å²) in [6.45, 7) is 8.47. The smallest absolute Gasteiger partial charge is 0.317 e. The number of piperazine rings is 1. The van der Waals surface area contributed by atoms with E-state index in [-0.39, 0.29) is 6.03 Å². The molecule has 1 aliphatic rings. The van der Waals surface area contributed by atoms with E-state index in [1.165, 1.54) is 0 Å². The molecule has 134 valence electrons. The third-order valence-electron chi connectivity index (χ3n) is 4.60. The summed E-state index contributed by atoms with van der Waals surface area (Å²) >= 11 is 0. The average Bonchev–Trinajstić information content (AvgIpc) is 2.95. The summed E-state index contributed by atoms with van der Waals surface area (Å²) < 4.78 is 5.15. The van der Waals surface area contributed by atoms with E-state index in [1.807, 2.05) is 43.1 Å². The van der Waals surface area contributed by atoms with Gasteiger partial charge < -0.3 is 14.7 Å². The van der Waals surface area contributed by atoms with Crippen LogP contribution in [0, 0.1) is 13.8 Å². The highest BCUT2D eigenvalue weighted by Crippen LogP contribution is 2.12. The van der Waals surface area contributed by atoms with Gasteiger partial charge in [-0.2, -0.15) is 0 Å². The number of nitrogens with zero attached hydrogens (tertiary/aromatic N) is 4. The molecule has 0 aliphatic carbocycles. The van der Waals surface area contributed by atoms with Crippen LogP contribution in [0.1, 0.15) is 22.7 Å². The molecule has 1 aliphatic heterocycles. The summed E-state index contributed by atoms with van der Waals surface area (Å²) in [5.41, 5.74) is 3.05. The van der Waals surface area contributed by atoms with Crippen LogP contribution in [0.15, 0.2) is 28.9 Å². The van der Waals surface area contributed by atoms with Gasteiger partial charge in [-0.15, -0.1) is 0 Å². The normalized spacial score (nSPS) is 15.4. The van der Waals surface area contributed by atoms with E-state index in [4.69, 9.17) is 4.52 Å². The lowest BCUT2D eigenvalue weighted by Crippen LogP contribution is -2.51. The second-order valence-electron chi connectivity index (χ2n) is 6.37. The van der Waals surface area contributed by atoms with Crippen molar-refractivity contribution in [3.63, 3.8) is 0 Å². The minimum atomic E-state index is 0.00393. The highest BCUT2D eigenvalue weighted by molar-refractivity contribution is 5.74. The number of aryl methyl sites for hydroxylation is 2. The molecule has 0 aromatic carbocycles. The molecule has 1 fully saturated rings. The molecule has 3 heterocycles. The van der Waals surface area contributed by atoms with Crippen molar-refractivity contribution in [3.8, 4) is 0 Å². The molecule has 0 spiro atoms. The van der Waals surface area contributed by atoms with Crippen molar-refractivity contribution in [2.75, 3.05) is 32.7 Å². The zero-order valence-electron chi connectivity index (χ0n) is 14.9. The number of amides is 2. The molecule has 2 aromatic heterocycles. The first-order valence-corrected chi connectivity index (χ1v) is 8.70. The third kappa shape index (κ3) is 4.57. The Morgan fingerprint density at radius 2 is 2.04 bits per heavy atom. The molecule has 0 radical (unpaired) electrons. The molecule has 2 amide bonds. The standard InChI is InChI=1S/C18H25N5O2/c1-14-17(15(2)25-21-14)6-8-20-18(24)23-11-9-22(10-12-23)13-16-5-3-4-7-19-16/h3-5,7H,6,8-13H2,1-2H3,(H,20,24). The van der Waals surface area contributed by atoms with Crippen molar-refractivity contribution in [1.29, 1.82) is 0 Å². The molecule has 3 rings (SSSR count). The van der Waals surface area contributed by atoms with E-state index in [9.17, 15) is 4.79 Å². The topological polar surface area (TPSA) is 74.5 Å². The maximum Gasteiger partial charge on any atom is 0.317 e. The van der Waals surface area contributed by atoms with Gasteiger partial charge in [-0.1, -0.05) is 11.2 Å². The largest absolute Gasteiger partial charge is 0.361 e. The van der Waals surface area contributed by atoms with Gasteiger partial charge in [0.1, 0.15) is 5.76 Å². The Morgan fingerprint density at radius 3 is 2.68 bits per heavy atom. The van der Waals surface area contributed by atoms with E-state index in [0.717, 1.165) is 61.9 Å². The van der Waals surface area contributed by atoms with Crippen molar-refractivity contribution < 1.29 is 9.32 Å². The number of pyridine rings is 1. The average molecular weight is 343 g/mol. The van der Waals surface area contributed by atoms with Crippen LogP contribution in [-0.2, 0) is 13.0 Å². The maximum absolute atomic E-state index is 12.3. The van der Waals surface area contributed by atoms with E-state index in [2.05, 4.69) is 20.4 Å². The fraction of sp³-hybridized carbons (Fsp3) is 0.500. The van der Waals surface area contributed by atoms with Crippen molar-refractivity contribution in [3.05, 3.63) is 47.1 Å². The number of nitrogens with one attached hydrogen (secondary N) is 1. The van der Waals surface area contributed by atoms with Crippen molar-refractivity contribution in [2.45, 2.75) is 26.8 Å². The number of carbonyl (C=O) groups excluding carboxylic acids is 1. The van der Waals surface area contributed by atoms with Crippen LogP contribution in [0.25, 0.3) is 0 Å². The Bertz CT molecular complexity index is 673. The van der Waals surface area contributed by atoms with Gasteiger partial charge in [0.05, 0.1) is 11.4 Å². The Morgan fingerprint density at radius 1 is 1.24 bits per heavy atom. The van der Waals surface area contributed by atoms with Gasteiger partial charge in [0.2, 0.25) is 0 Å². The molecule has 0 bridgehead atoms. The minimum Gasteiger partial charge on any atom is -0.361 e. The molecule has 25 heavy (non-hydrogen) atoms. The van der Waals surface area contributed by atoms with Crippen LogP contribution in [0.3, 0.4) is 0 Å². The SMILES string of the molecule is Cc1noc(C)c1CCNC(=O)N1CCN(Cc2ccccn2)CC1. The number of hydrogen-bond acceptors (Lipinski definition) is 5. The molecule has 2 aromatic rings. The quantitative estimate of drug-likeness (QED) is 0.895. The fourth-order valence-corrected chi connectivity index (χ4v) is 3.09. The molecule has 7 heteroatoms. The number of hydrogen-bond donors (Lipinski definition) is 1. The van der Waals surface area contributed by atoms with Gasteiger partial charge in [0.25, 0.3) is 0 Å². The zero-order valence-corrected chi connectivity index (χ0v) is 14.9. The molecule has 0 unspecified atom stereocenters. The van der Waals surface area contributed by atoms with Gasteiger partial charge in [-0.3, -0.25) is 9.88 Å². The first-order valence-electron chi connectivity index (χ1n) is 8.70. The Kier molecular flexibility index (Phi) is 5.65. The Labute approximate surface area is 148 Å². The van der Waals surface area contributed by atoms with Crippen LogP contribution in [0.4, 0.5) is 4.79 Å². The van der Waals surface area contributed by atoms with Crippen molar-refractivity contribution in [1.82, 2.24) is 25.3 Å². The van der Waals surface area contributed by atoms with Crippen molar-refractivity contribution in [2.24, 2.45) is 0 Å². The highest BCUT2D eigenvalue weighted by Gasteiger charge is 2.21. The molecular weight excluding hydrogens is 318 g/mol. The zero-order chi connectivity index (χ0) is 17.6. The Balaban J connectivity index is 1.39. The summed E-state index contributed by atoms with van der Waals surface area (Å²) in [7, 11) is 0. The predicted molar refractivity (Wildman–Crippen MR) is 94.2 cm³/mol. The molecule has 1 saturated heterocycles. The fourth-order valence-electron chi connectivity index (χ4n) is 3.09. The van der Waals surface area contributed by atoms with Crippen LogP contribution in [-0.4, -0.2) is 58.7 Å². The lowest BCUT2D eigenvalue weighted by atomic mass is 10.1. The summed E-state index contributed by atoms with van der Waals surface area (Å²) in [5, 5.41) is 6.93. The molecular formula is C18H25N5O2. The van der Waals surface area contributed by atoms with Gasteiger partial charge in [0.15, 0.2) is 0 Å². The summed E-state index contributed by atoms with van der Waals surface area (Å²) in [4.78, 5) is 20.9. The summed E-state index contributed by atoms with van der Waals surface area (Å²) in [6, 6.07) is 5.97. The van der Waals surface area contributed by atoms with Crippen molar-refractivity contribution >= 4 is 6.03 Å². The predicted octanol–water partition coefficient (Wildman–Crippen LogP) is 1.76. The van der Waals surface area contributed by atoms with E-state index in [1.54, 1.807) is 0 Å². The number of rotatable bonds is 5. The minimum absolute atomic E-state index is 0.00393. The van der Waals surface area contributed by atoms with Crippen LogP contribution in [0.2, 0.25) is 0 Å². The number of urea groups is 1. The van der Waals surface area contributed by atoms with E-state index in [0.29, 0.717) is 6.54 Å². The second kappa shape index (κ2) is 8.11. The lowest BCUT2D eigenvalue weighted by molar-refractivity contribution is 0.134.